The predicted octanol–water partition coefficient (Wildman–Crippen LogP) is -8.24. The number of amides is 1. The fourth-order valence-electron chi connectivity index (χ4n) is 2.80. The maximum Gasteiger partial charge on any atom is 0.372 e. The third kappa shape index (κ3) is 13.8. The fourth-order valence-corrected chi connectivity index (χ4v) is 2.80. The lowest BCUT2D eigenvalue weighted by Gasteiger charge is -2.32. The second-order valence-electron chi connectivity index (χ2n) is 8.27. The van der Waals surface area contributed by atoms with Crippen LogP contribution in [-0.2, 0) is 24.0 Å². The Bertz CT molecular complexity index is 811. The molecule has 0 aromatic carbocycles. The number of carboxylic acid groups (broad SMARTS) is 2. The highest BCUT2D eigenvalue weighted by Crippen LogP contribution is 2.12. The van der Waals surface area contributed by atoms with Gasteiger partial charge in [-0.3, -0.25) is 14.4 Å². The van der Waals surface area contributed by atoms with Gasteiger partial charge in [-0.15, -0.1) is 0 Å². The molecule has 0 spiro atoms. The monoisotopic (exact) mass is 576 g/mol. The van der Waals surface area contributed by atoms with Gasteiger partial charge in [0.05, 0.1) is 37.5 Å². The first-order valence-electron chi connectivity index (χ1n) is 11.0. The van der Waals surface area contributed by atoms with E-state index in [1.807, 2.05) is 5.32 Å². The molecule has 228 valence electrons. The van der Waals surface area contributed by atoms with Gasteiger partial charge in [0.2, 0.25) is 17.5 Å². The van der Waals surface area contributed by atoms with Crippen LogP contribution in [-0.4, -0.2) is 165 Å². The number of nitrogens with one attached hydrogen (secondary N) is 1. The van der Waals surface area contributed by atoms with Crippen LogP contribution in [0.5, 0.6) is 0 Å². The lowest BCUT2D eigenvalue weighted by molar-refractivity contribution is -0.151. The molecule has 10 atom stereocenters. The topological polar surface area (TPSA) is 366 Å². The SMILES string of the molecule is CC(=O)NC(C(O)CC(=O)C(=O)O)C(O)C(O)C(O)CO.NC(C(O)CC(=O)C(=O)O)C(O)C(O)C(O)CO. The van der Waals surface area contributed by atoms with Crippen molar-refractivity contribution in [2.24, 2.45) is 5.73 Å². The summed E-state index contributed by atoms with van der Waals surface area (Å²) in [6, 6.07) is -3.16. The van der Waals surface area contributed by atoms with Gasteiger partial charge in [-0.05, 0) is 0 Å². The third-order valence-corrected chi connectivity index (χ3v) is 5.12. The van der Waals surface area contributed by atoms with E-state index in [2.05, 4.69) is 0 Å². The number of nitrogens with two attached hydrogens (primary N) is 1. The molecule has 0 saturated carbocycles. The number of aliphatic hydroxyl groups is 10. The Morgan fingerprint density at radius 1 is 0.615 bits per heavy atom. The number of aliphatic hydroxyl groups excluding tert-OH is 10. The molecule has 0 aromatic heterocycles. The molecule has 0 bridgehead atoms. The first kappa shape index (κ1) is 38.5. The van der Waals surface area contributed by atoms with E-state index in [-0.39, 0.29) is 0 Å². The number of carboxylic acids is 2. The molecule has 0 aliphatic carbocycles. The molecule has 39 heavy (non-hydrogen) atoms. The molecule has 15 N–H and O–H groups in total. The molecular formula is C20H36N2O17. The van der Waals surface area contributed by atoms with Gasteiger partial charge in [0.1, 0.15) is 36.6 Å². The molecule has 19 nitrogen and oxygen atoms in total. The highest BCUT2D eigenvalue weighted by molar-refractivity contribution is 6.33. The van der Waals surface area contributed by atoms with Gasteiger partial charge in [-0.25, -0.2) is 9.59 Å². The second kappa shape index (κ2) is 18.6. The third-order valence-electron chi connectivity index (χ3n) is 5.12. The van der Waals surface area contributed by atoms with E-state index < -0.39 is 116 Å². The summed E-state index contributed by atoms with van der Waals surface area (Å²) in [6.45, 7) is -0.704. The fraction of sp³-hybridized carbons (Fsp3) is 0.750. The van der Waals surface area contributed by atoms with Crippen LogP contribution in [0, 0.1) is 0 Å². The summed E-state index contributed by atoms with van der Waals surface area (Å²) >= 11 is 0. The predicted molar refractivity (Wildman–Crippen MR) is 122 cm³/mol. The Labute approximate surface area is 220 Å². The Balaban J connectivity index is 0. The summed E-state index contributed by atoms with van der Waals surface area (Å²) in [5.41, 5.74) is 5.30. The van der Waals surface area contributed by atoms with Gasteiger partial charge in [0.15, 0.2) is 0 Å². The summed E-state index contributed by atoms with van der Waals surface area (Å²) in [4.78, 5) is 53.5. The minimum atomic E-state index is -1.94. The molecule has 0 saturated heterocycles. The molecule has 1 amide bonds. The zero-order chi connectivity index (χ0) is 31.2. The molecular weight excluding hydrogens is 540 g/mol. The second-order valence-corrected chi connectivity index (χ2v) is 8.27. The van der Waals surface area contributed by atoms with Crippen LogP contribution in [0.2, 0.25) is 0 Å². The van der Waals surface area contributed by atoms with E-state index in [0.29, 0.717) is 0 Å². The smallest absolute Gasteiger partial charge is 0.372 e. The number of carbonyl (C=O) groups excluding carboxylic acids is 3. The van der Waals surface area contributed by atoms with Gasteiger partial charge in [-0.1, -0.05) is 0 Å². The van der Waals surface area contributed by atoms with Crippen molar-refractivity contribution < 1.29 is 85.3 Å². The average molecular weight is 577 g/mol. The van der Waals surface area contributed by atoms with E-state index in [1.54, 1.807) is 0 Å². The van der Waals surface area contributed by atoms with Crippen molar-refractivity contribution in [3.63, 3.8) is 0 Å². The van der Waals surface area contributed by atoms with Crippen molar-refractivity contribution >= 4 is 29.4 Å². The van der Waals surface area contributed by atoms with Crippen molar-refractivity contribution in [1.82, 2.24) is 5.32 Å². The molecule has 19 heteroatoms. The maximum absolute atomic E-state index is 11.0. The van der Waals surface area contributed by atoms with Crippen molar-refractivity contribution in [2.45, 2.75) is 80.7 Å². The van der Waals surface area contributed by atoms with Crippen LogP contribution in [0.1, 0.15) is 19.8 Å². The van der Waals surface area contributed by atoms with Gasteiger partial charge >= 0.3 is 11.9 Å². The summed E-state index contributed by atoms with van der Waals surface area (Å²) in [6.07, 6.45) is -16.2. The molecule has 10 unspecified atom stereocenters. The van der Waals surface area contributed by atoms with Gasteiger partial charge in [0, 0.05) is 19.8 Å². The summed E-state index contributed by atoms with van der Waals surface area (Å²) < 4.78 is 0. The number of rotatable bonds is 17. The van der Waals surface area contributed by atoms with Gasteiger partial charge in [-0.2, -0.15) is 0 Å². The molecule has 0 heterocycles. The van der Waals surface area contributed by atoms with Crippen molar-refractivity contribution in [2.75, 3.05) is 13.2 Å². The van der Waals surface area contributed by atoms with Crippen LogP contribution in [0.4, 0.5) is 0 Å². The molecule has 0 fully saturated rings. The molecule has 0 aliphatic rings. The average Bonchev–Trinajstić information content (AvgIpc) is 2.88. The minimum absolute atomic E-state index is 0.730. The zero-order valence-electron chi connectivity index (χ0n) is 20.6. The normalized spacial score (nSPS) is 18.9. The first-order valence-corrected chi connectivity index (χ1v) is 11.0. The van der Waals surface area contributed by atoms with Gasteiger partial charge < -0.3 is 72.3 Å². The largest absolute Gasteiger partial charge is 0.475 e. The van der Waals surface area contributed by atoms with Crippen LogP contribution in [0.3, 0.4) is 0 Å². The van der Waals surface area contributed by atoms with E-state index in [4.69, 9.17) is 31.3 Å². The number of hydrogen-bond donors (Lipinski definition) is 14. The summed E-state index contributed by atoms with van der Waals surface area (Å²) in [5, 5.41) is 111. The lowest BCUT2D eigenvalue weighted by Crippen LogP contribution is -2.57. The number of Topliss-reactive ketones (excluding diaryl/α,β-unsaturated/α-hetero) is 2. The Hall–Kier alpha value is -2.69. The van der Waals surface area contributed by atoms with E-state index in [1.165, 1.54) is 0 Å². The van der Waals surface area contributed by atoms with Crippen LogP contribution < -0.4 is 11.1 Å². The molecule has 0 aromatic rings. The summed E-state index contributed by atoms with van der Waals surface area (Å²) in [7, 11) is 0. The standard InChI is InChI=1S/C11H19NO9.C9H17NO8/c1-4(14)12-8(5(15)2-6(16)11(20)21)10(19)9(18)7(17)3-13;10-6(3(12)1-4(13)9(17)18)8(16)7(15)5(14)2-11/h5,7-10,13,15,17-19H,2-3H2,1H3,(H,12,14)(H,20,21);3,5-8,11-12,14-16H,1-2,10H2,(H,17,18). The maximum atomic E-state index is 11.0. The van der Waals surface area contributed by atoms with E-state index in [0.717, 1.165) is 6.92 Å². The quantitative estimate of drug-likeness (QED) is 0.0714. The van der Waals surface area contributed by atoms with Crippen molar-refractivity contribution in [1.29, 1.82) is 0 Å². The minimum Gasteiger partial charge on any atom is -0.475 e. The molecule has 0 rings (SSSR count). The van der Waals surface area contributed by atoms with Crippen LogP contribution in [0.15, 0.2) is 0 Å². The van der Waals surface area contributed by atoms with Gasteiger partial charge in [0.25, 0.3) is 0 Å². The number of aliphatic carboxylic acids is 2. The van der Waals surface area contributed by atoms with Crippen LogP contribution >= 0.6 is 0 Å². The Kier molecular flexibility index (Phi) is 18.3. The highest BCUT2D eigenvalue weighted by Gasteiger charge is 2.37. The highest BCUT2D eigenvalue weighted by atomic mass is 16.4. The summed E-state index contributed by atoms with van der Waals surface area (Å²) in [5.74, 6) is -6.95. The molecule has 0 radical (unpaired) electrons. The van der Waals surface area contributed by atoms with Crippen molar-refractivity contribution in [3.8, 4) is 0 Å². The van der Waals surface area contributed by atoms with Crippen molar-refractivity contribution in [3.05, 3.63) is 0 Å². The lowest BCUT2D eigenvalue weighted by atomic mass is 9.94. The first-order chi connectivity index (χ1) is 17.8. The zero-order valence-corrected chi connectivity index (χ0v) is 20.6. The van der Waals surface area contributed by atoms with E-state index in [9.17, 15) is 59.7 Å². The Morgan fingerprint density at radius 3 is 1.31 bits per heavy atom. The Morgan fingerprint density at radius 2 is 0.974 bits per heavy atom. The number of carbonyl (C=O) groups is 5. The van der Waals surface area contributed by atoms with Crippen LogP contribution in [0.25, 0.3) is 0 Å². The molecule has 0 aliphatic heterocycles. The number of hydrogen-bond acceptors (Lipinski definition) is 16. The number of ketones is 2. The van der Waals surface area contributed by atoms with E-state index >= 15 is 0 Å².